The maximum absolute atomic E-state index is 15.2. The molecule has 2 amide bonds. The molecule has 3 N–H and O–H groups in total. The molecule has 0 aliphatic carbocycles. The number of nitrogens with one attached hydrogen (secondary N) is 1. The van der Waals surface area contributed by atoms with Gasteiger partial charge >= 0.3 is 23.9 Å². The van der Waals surface area contributed by atoms with Crippen molar-refractivity contribution in [1.82, 2.24) is 19.2 Å². The standard InChI is InChI=1S/C24H24F3N7O5/c25-18-11-16(31-13-17(39-24(31)38)12-29-21(35)20(26)27)5-6-19(18)30-7-9-32-22(36)34(23(37)33(32)10-8-30)15-3-1-14(28)2-4-15/h1-6,11,17,20H,7-10,12-13,28H2,(H,29,35). The van der Waals surface area contributed by atoms with Crippen molar-refractivity contribution in [2.45, 2.75) is 25.6 Å². The summed E-state index contributed by atoms with van der Waals surface area (Å²) in [7, 11) is 0. The highest BCUT2D eigenvalue weighted by atomic mass is 19.3. The summed E-state index contributed by atoms with van der Waals surface area (Å²) in [5.74, 6) is -2.12. The quantitative estimate of drug-likeness (QED) is 0.435. The number of cyclic esters (lactones) is 1. The van der Waals surface area contributed by atoms with Gasteiger partial charge in [0, 0.05) is 18.8 Å². The summed E-state index contributed by atoms with van der Waals surface area (Å²) in [5.41, 5.74) is 5.95. The summed E-state index contributed by atoms with van der Waals surface area (Å²) in [5, 5.41) is 1.99. The molecular formula is C24H24F3N7O5. The van der Waals surface area contributed by atoms with Gasteiger partial charge in [-0.25, -0.2) is 32.7 Å². The number of hydrogen-bond donors (Lipinski definition) is 2. The molecule has 1 unspecified atom stereocenters. The zero-order valence-electron chi connectivity index (χ0n) is 20.4. The van der Waals surface area contributed by atoms with Gasteiger partial charge in [0.1, 0.15) is 11.9 Å². The van der Waals surface area contributed by atoms with Crippen molar-refractivity contribution in [1.29, 1.82) is 0 Å². The van der Waals surface area contributed by atoms with Crippen LogP contribution in [0.2, 0.25) is 0 Å². The molecule has 0 bridgehead atoms. The molecule has 206 valence electrons. The average Bonchev–Trinajstić information content (AvgIpc) is 3.28. The van der Waals surface area contributed by atoms with Crippen LogP contribution >= 0.6 is 0 Å². The van der Waals surface area contributed by atoms with Crippen LogP contribution in [0.4, 0.5) is 35.0 Å². The van der Waals surface area contributed by atoms with Crippen LogP contribution in [0.3, 0.4) is 0 Å². The molecular weight excluding hydrogens is 523 g/mol. The number of nitrogen functional groups attached to an aromatic ring is 1. The maximum atomic E-state index is 15.2. The van der Waals surface area contributed by atoms with Crippen LogP contribution < -0.4 is 32.2 Å². The zero-order chi connectivity index (χ0) is 27.8. The van der Waals surface area contributed by atoms with Crippen LogP contribution in [0.1, 0.15) is 0 Å². The van der Waals surface area contributed by atoms with Gasteiger partial charge in [-0.05, 0) is 42.5 Å². The number of carbonyl (C=O) groups is 2. The van der Waals surface area contributed by atoms with Crippen LogP contribution in [0.15, 0.2) is 52.1 Å². The lowest BCUT2D eigenvalue weighted by atomic mass is 10.2. The normalized spacial score (nSPS) is 17.2. The van der Waals surface area contributed by atoms with Gasteiger partial charge in [0.15, 0.2) is 0 Å². The van der Waals surface area contributed by atoms with Gasteiger partial charge < -0.3 is 20.7 Å². The van der Waals surface area contributed by atoms with Crippen LogP contribution in [0, 0.1) is 5.82 Å². The average molecular weight is 547 g/mol. The second kappa shape index (κ2) is 10.2. The van der Waals surface area contributed by atoms with E-state index in [1.165, 1.54) is 21.5 Å². The smallest absolute Gasteiger partial charge is 0.414 e. The Kier molecular flexibility index (Phi) is 6.80. The third kappa shape index (κ3) is 4.94. The highest BCUT2D eigenvalue weighted by Crippen LogP contribution is 2.28. The van der Waals surface area contributed by atoms with Gasteiger partial charge in [0.25, 0.3) is 5.91 Å². The minimum atomic E-state index is -3.19. The van der Waals surface area contributed by atoms with Gasteiger partial charge in [-0.3, -0.25) is 9.69 Å². The van der Waals surface area contributed by atoms with Crippen molar-refractivity contribution in [2.24, 2.45) is 0 Å². The second-order valence-electron chi connectivity index (χ2n) is 9.02. The van der Waals surface area contributed by atoms with Crippen LogP contribution in [-0.4, -0.2) is 64.6 Å². The predicted molar refractivity (Wildman–Crippen MR) is 134 cm³/mol. The van der Waals surface area contributed by atoms with Gasteiger partial charge in [-0.15, -0.1) is 0 Å². The summed E-state index contributed by atoms with van der Waals surface area (Å²) in [4.78, 5) is 52.2. The minimum Gasteiger partial charge on any atom is -0.442 e. The minimum absolute atomic E-state index is 0.0660. The Morgan fingerprint density at radius 1 is 0.974 bits per heavy atom. The number of carbonyl (C=O) groups excluding carboxylic acids is 2. The van der Waals surface area contributed by atoms with Gasteiger partial charge in [0.05, 0.1) is 43.2 Å². The maximum Gasteiger partial charge on any atom is 0.414 e. The molecule has 0 saturated carbocycles. The van der Waals surface area contributed by atoms with Crippen molar-refractivity contribution in [3.63, 3.8) is 0 Å². The number of alkyl halides is 2. The van der Waals surface area contributed by atoms with E-state index in [1.807, 2.05) is 5.32 Å². The molecule has 2 aliphatic rings. The Balaban J connectivity index is 1.29. The highest BCUT2D eigenvalue weighted by Gasteiger charge is 2.34. The lowest BCUT2D eigenvalue weighted by molar-refractivity contribution is -0.132. The summed E-state index contributed by atoms with van der Waals surface area (Å²) in [6.07, 6.45) is -4.87. The van der Waals surface area contributed by atoms with E-state index in [1.54, 1.807) is 29.2 Å². The molecule has 2 aliphatic heterocycles. The van der Waals surface area contributed by atoms with Crippen LogP contribution in [-0.2, 0) is 22.6 Å². The summed E-state index contributed by atoms with van der Waals surface area (Å²) < 4.78 is 48.7. The number of nitrogens with two attached hydrogens (primary N) is 1. The summed E-state index contributed by atoms with van der Waals surface area (Å²) >= 11 is 0. The molecule has 2 aromatic carbocycles. The Labute approximate surface area is 218 Å². The summed E-state index contributed by atoms with van der Waals surface area (Å²) in [6.45, 7) is 0.352. The Hall–Kier alpha value is -4.69. The Morgan fingerprint density at radius 3 is 2.18 bits per heavy atom. The first-order valence-electron chi connectivity index (χ1n) is 12.0. The third-order valence-corrected chi connectivity index (χ3v) is 6.59. The van der Waals surface area contributed by atoms with E-state index in [9.17, 15) is 28.0 Å². The van der Waals surface area contributed by atoms with Gasteiger partial charge in [-0.1, -0.05) is 0 Å². The molecule has 15 heteroatoms. The fourth-order valence-electron chi connectivity index (χ4n) is 4.63. The fourth-order valence-corrected chi connectivity index (χ4v) is 4.63. The fraction of sp³-hybridized carbons (Fsp3) is 0.333. The third-order valence-electron chi connectivity index (χ3n) is 6.59. The molecule has 12 nitrogen and oxygen atoms in total. The molecule has 3 aromatic rings. The molecule has 0 radical (unpaired) electrons. The molecule has 1 saturated heterocycles. The molecule has 3 heterocycles. The lowest BCUT2D eigenvalue weighted by Crippen LogP contribution is -2.37. The van der Waals surface area contributed by atoms with E-state index in [4.69, 9.17) is 10.5 Å². The summed E-state index contributed by atoms with van der Waals surface area (Å²) in [6, 6.07) is 10.5. The largest absolute Gasteiger partial charge is 0.442 e. The SMILES string of the molecule is Nc1ccc(-n2c(=O)n3n(c2=O)CCN(c2ccc(N4CC(CNC(=O)C(F)F)OC4=O)cc2F)CC3)cc1. The number of amides is 2. The molecule has 5 rings (SSSR count). The first-order valence-corrected chi connectivity index (χ1v) is 12.0. The number of nitrogens with zero attached hydrogens (tertiary/aromatic N) is 5. The molecule has 1 aromatic heterocycles. The van der Waals surface area contributed by atoms with Crippen molar-refractivity contribution in [3.05, 3.63) is 69.3 Å². The first-order chi connectivity index (χ1) is 18.6. The highest BCUT2D eigenvalue weighted by molar-refractivity contribution is 5.90. The predicted octanol–water partition coefficient (Wildman–Crippen LogP) is 0.749. The van der Waals surface area contributed by atoms with E-state index >= 15 is 4.39 Å². The van der Waals surface area contributed by atoms with Gasteiger partial charge in [0.2, 0.25) is 0 Å². The topological polar surface area (TPSA) is 137 Å². The van der Waals surface area contributed by atoms with Crippen molar-refractivity contribution >= 4 is 29.1 Å². The molecule has 0 spiro atoms. The second-order valence-corrected chi connectivity index (χ2v) is 9.02. The lowest BCUT2D eigenvalue weighted by Gasteiger charge is -2.23. The number of aromatic nitrogens is 3. The number of ether oxygens (including phenoxy) is 1. The number of hydrogen-bond acceptors (Lipinski definition) is 7. The molecule has 39 heavy (non-hydrogen) atoms. The van der Waals surface area contributed by atoms with E-state index in [0.29, 0.717) is 11.4 Å². The monoisotopic (exact) mass is 547 g/mol. The Morgan fingerprint density at radius 2 is 1.59 bits per heavy atom. The zero-order valence-corrected chi connectivity index (χ0v) is 20.4. The van der Waals surface area contributed by atoms with Crippen molar-refractivity contribution < 1.29 is 27.5 Å². The van der Waals surface area contributed by atoms with E-state index < -0.39 is 41.7 Å². The number of fused-ring (bicyclic) bond motifs is 1. The van der Waals surface area contributed by atoms with E-state index in [-0.39, 0.29) is 50.6 Å². The number of anilines is 3. The first kappa shape index (κ1) is 25.9. The van der Waals surface area contributed by atoms with E-state index in [0.717, 1.165) is 15.5 Å². The van der Waals surface area contributed by atoms with Crippen LogP contribution in [0.5, 0.6) is 0 Å². The molecule has 1 fully saturated rings. The number of halogens is 3. The Bertz CT molecular complexity index is 1490. The number of rotatable bonds is 6. The van der Waals surface area contributed by atoms with Crippen molar-refractivity contribution in [2.75, 3.05) is 41.7 Å². The number of benzene rings is 2. The van der Waals surface area contributed by atoms with Gasteiger partial charge in [-0.2, -0.15) is 8.78 Å². The van der Waals surface area contributed by atoms with Crippen molar-refractivity contribution in [3.8, 4) is 5.69 Å². The van der Waals surface area contributed by atoms with E-state index in [2.05, 4.69) is 0 Å². The van der Waals surface area contributed by atoms with Crippen LogP contribution in [0.25, 0.3) is 5.69 Å². The molecule has 1 atom stereocenters.